The van der Waals surface area contributed by atoms with Crippen LogP contribution < -0.4 is 0 Å². The zero-order valence-corrected chi connectivity index (χ0v) is 8.16. The Kier molecular flexibility index (Phi) is 1.39. The summed E-state index contributed by atoms with van der Waals surface area (Å²) < 4.78 is 0. The fraction of sp³-hybridized carbons (Fsp3) is 0.538. The molecule has 2 saturated carbocycles. The van der Waals surface area contributed by atoms with E-state index in [4.69, 9.17) is 0 Å². The molecular formula is C13H16. The summed E-state index contributed by atoms with van der Waals surface area (Å²) in [6.07, 6.45) is 4.39. The van der Waals surface area contributed by atoms with E-state index in [0.29, 0.717) is 5.41 Å². The van der Waals surface area contributed by atoms with Crippen LogP contribution in [0, 0.1) is 11.3 Å². The van der Waals surface area contributed by atoms with E-state index < -0.39 is 0 Å². The predicted octanol–water partition coefficient (Wildman–Crippen LogP) is 3.59. The Morgan fingerprint density at radius 2 is 2.00 bits per heavy atom. The molecule has 1 aromatic rings. The summed E-state index contributed by atoms with van der Waals surface area (Å²) in [4.78, 5) is 0. The number of rotatable bonds is 1. The molecule has 2 aliphatic carbocycles. The molecule has 0 saturated heterocycles. The molecule has 68 valence electrons. The van der Waals surface area contributed by atoms with Crippen molar-refractivity contribution in [2.24, 2.45) is 11.3 Å². The molecule has 0 spiro atoms. The standard InChI is InChI=1S/C13H16/c1-13-9-5-8-11(13)12(13)10-6-3-2-4-7-10/h2-4,6-7,11-12H,5,8-9H2,1H3. The quantitative estimate of drug-likeness (QED) is 0.607. The molecule has 0 heteroatoms. The van der Waals surface area contributed by atoms with Gasteiger partial charge in [-0.2, -0.15) is 0 Å². The van der Waals surface area contributed by atoms with Gasteiger partial charge >= 0.3 is 0 Å². The van der Waals surface area contributed by atoms with E-state index in [-0.39, 0.29) is 0 Å². The van der Waals surface area contributed by atoms with Crippen molar-refractivity contribution >= 4 is 0 Å². The van der Waals surface area contributed by atoms with Gasteiger partial charge in [0.1, 0.15) is 0 Å². The van der Waals surface area contributed by atoms with E-state index in [9.17, 15) is 0 Å². The lowest BCUT2D eigenvalue weighted by Crippen LogP contribution is -1.94. The molecule has 2 aliphatic rings. The minimum atomic E-state index is 0.682. The molecule has 0 N–H and O–H groups in total. The first-order valence-electron chi connectivity index (χ1n) is 5.37. The minimum Gasteiger partial charge on any atom is -0.0622 e. The molecule has 0 radical (unpaired) electrons. The number of benzene rings is 1. The highest BCUT2D eigenvalue weighted by Gasteiger charge is 2.63. The van der Waals surface area contributed by atoms with Gasteiger partial charge in [0.15, 0.2) is 0 Å². The summed E-state index contributed by atoms with van der Waals surface area (Å²) in [5, 5.41) is 0. The van der Waals surface area contributed by atoms with Crippen LogP contribution in [0.15, 0.2) is 30.3 Å². The van der Waals surface area contributed by atoms with E-state index in [0.717, 1.165) is 11.8 Å². The first kappa shape index (κ1) is 7.61. The van der Waals surface area contributed by atoms with Crippen molar-refractivity contribution in [3.8, 4) is 0 Å². The Morgan fingerprint density at radius 3 is 2.62 bits per heavy atom. The van der Waals surface area contributed by atoms with Crippen LogP contribution in [-0.2, 0) is 0 Å². The summed E-state index contributed by atoms with van der Waals surface area (Å²) >= 11 is 0. The van der Waals surface area contributed by atoms with Gasteiger partial charge in [-0.25, -0.2) is 0 Å². The maximum Gasteiger partial charge on any atom is -0.00714 e. The van der Waals surface area contributed by atoms with Gasteiger partial charge in [0, 0.05) is 0 Å². The lowest BCUT2D eigenvalue weighted by atomic mass is 9.97. The minimum absolute atomic E-state index is 0.682. The van der Waals surface area contributed by atoms with Crippen molar-refractivity contribution in [2.75, 3.05) is 0 Å². The van der Waals surface area contributed by atoms with Crippen molar-refractivity contribution in [1.82, 2.24) is 0 Å². The molecule has 2 fully saturated rings. The molecule has 13 heavy (non-hydrogen) atoms. The third kappa shape index (κ3) is 0.919. The second kappa shape index (κ2) is 2.37. The molecule has 3 unspecified atom stereocenters. The van der Waals surface area contributed by atoms with Crippen LogP contribution in [0.5, 0.6) is 0 Å². The van der Waals surface area contributed by atoms with Crippen LogP contribution in [0.1, 0.15) is 37.7 Å². The van der Waals surface area contributed by atoms with Gasteiger partial charge in [0.05, 0.1) is 0 Å². The van der Waals surface area contributed by atoms with E-state index in [2.05, 4.69) is 37.3 Å². The van der Waals surface area contributed by atoms with Crippen LogP contribution in [0.25, 0.3) is 0 Å². The molecule has 1 aromatic carbocycles. The average molecular weight is 172 g/mol. The Labute approximate surface area is 80.0 Å². The fourth-order valence-electron chi connectivity index (χ4n) is 3.47. The van der Waals surface area contributed by atoms with Crippen LogP contribution in [0.3, 0.4) is 0 Å². The van der Waals surface area contributed by atoms with Gasteiger partial charge < -0.3 is 0 Å². The number of hydrogen-bond acceptors (Lipinski definition) is 0. The first-order chi connectivity index (χ1) is 6.32. The Morgan fingerprint density at radius 1 is 1.23 bits per heavy atom. The monoisotopic (exact) mass is 172 g/mol. The Bertz CT molecular complexity index is 314. The molecule has 0 aliphatic heterocycles. The van der Waals surface area contributed by atoms with E-state index in [1.165, 1.54) is 19.3 Å². The highest BCUT2D eigenvalue weighted by Crippen LogP contribution is 2.72. The van der Waals surface area contributed by atoms with E-state index >= 15 is 0 Å². The number of fused-ring (bicyclic) bond motifs is 1. The predicted molar refractivity (Wildman–Crippen MR) is 54.6 cm³/mol. The number of hydrogen-bond donors (Lipinski definition) is 0. The smallest absolute Gasteiger partial charge is 0.00714 e. The van der Waals surface area contributed by atoms with Crippen LogP contribution in [0.4, 0.5) is 0 Å². The highest BCUT2D eigenvalue weighted by atomic mass is 14.7. The normalized spacial score (nSPS) is 41.6. The summed E-state index contributed by atoms with van der Waals surface area (Å²) in [5.74, 6) is 1.90. The topological polar surface area (TPSA) is 0 Å². The third-order valence-electron chi connectivity index (χ3n) is 4.24. The Hall–Kier alpha value is -0.780. The molecular weight excluding hydrogens is 156 g/mol. The SMILES string of the molecule is CC12CCCC1C2c1ccccc1. The molecule has 0 amide bonds. The fourth-order valence-corrected chi connectivity index (χ4v) is 3.47. The van der Waals surface area contributed by atoms with E-state index in [1.807, 2.05) is 0 Å². The molecule has 0 nitrogen and oxygen atoms in total. The van der Waals surface area contributed by atoms with E-state index in [1.54, 1.807) is 5.56 Å². The van der Waals surface area contributed by atoms with Gasteiger partial charge in [-0.1, -0.05) is 43.7 Å². The van der Waals surface area contributed by atoms with Gasteiger partial charge in [0.2, 0.25) is 0 Å². The molecule has 0 bridgehead atoms. The summed E-state index contributed by atoms with van der Waals surface area (Å²) in [6, 6.07) is 11.1. The van der Waals surface area contributed by atoms with Crippen molar-refractivity contribution in [2.45, 2.75) is 32.1 Å². The lowest BCUT2D eigenvalue weighted by molar-refractivity contribution is 0.524. The third-order valence-corrected chi connectivity index (χ3v) is 4.24. The van der Waals surface area contributed by atoms with Gasteiger partial charge in [0.25, 0.3) is 0 Å². The summed E-state index contributed by atoms with van der Waals surface area (Å²) in [5.41, 5.74) is 2.26. The zero-order valence-electron chi connectivity index (χ0n) is 8.16. The van der Waals surface area contributed by atoms with Gasteiger partial charge in [-0.15, -0.1) is 0 Å². The maximum atomic E-state index is 2.47. The van der Waals surface area contributed by atoms with Crippen molar-refractivity contribution in [3.05, 3.63) is 35.9 Å². The van der Waals surface area contributed by atoms with Crippen LogP contribution >= 0.6 is 0 Å². The first-order valence-corrected chi connectivity index (χ1v) is 5.37. The molecule has 3 atom stereocenters. The van der Waals surface area contributed by atoms with Gasteiger partial charge in [-0.05, 0) is 35.7 Å². The maximum absolute atomic E-state index is 2.47. The zero-order chi connectivity index (χ0) is 8.89. The van der Waals surface area contributed by atoms with Crippen LogP contribution in [-0.4, -0.2) is 0 Å². The van der Waals surface area contributed by atoms with Crippen molar-refractivity contribution < 1.29 is 0 Å². The molecule has 0 heterocycles. The summed E-state index contributed by atoms with van der Waals surface area (Å²) in [7, 11) is 0. The molecule has 0 aromatic heterocycles. The van der Waals surface area contributed by atoms with Crippen LogP contribution in [0.2, 0.25) is 0 Å². The largest absolute Gasteiger partial charge is 0.0622 e. The van der Waals surface area contributed by atoms with Crippen molar-refractivity contribution in [1.29, 1.82) is 0 Å². The molecule has 3 rings (SSSR count). The lowest BCUT2D eigenvalue weighted by Gasteiger charge is -2.08. The summed E-state index contributed by atoms with van der Waals surface area (Å²) in [6.45, 7) is 2.47. The second-order valence-electron chi connectivity index (χ2n) is 4.89. The highest BCUT2D eigenvalue weighted by molar-refractivity contribution is 5.33. The average Bonchev–Trinajstić information content (AvgIpc) is 2.55. The van der Waals surface area contributed by atoms with Crippen molar-refractivity contribution in [3.63, 3.8) is 0 Å². The second-order valence-corrected chi connectivity index (χ2v) is 4.89. The Balaban J connectivity index is 1.91. The van der Waals surface area contributed by atoms with Gasteiger partial charge in [-0.3, -0.25) is 0 Å².